The highest BCUT2D eigenvalue weighted by molar-refractivity contribution is 8.76. The maximum Gasteiger partial charge on any atom is 0.321 e. The van der Waals surface area contributed by atoms with Gasteiger partial charge in [0.25, 0.3) is 0 Å². The van der Waals surface area contributed by atoms with Gasteiger partial charge in [-0.1, -0.05) is 21.6 Å². The molecule has 0 aromatic heterocycles. The van der Waals surface area contributed by atoms with Gasteiger partial charge in [0, 0.05) is 26.3 Å². The number of nitrogens with one attached hydrogen (secondary N) is 4. The van der Waals surface area contributed by atoms with Crippen molar-refractivity contribution < 1.29 is 19.2 Å². The van der Waals surface area contributed by atoms with Crippen molar-refractivity contribution >= 4 is 45.5 Å². The van der Waals surface area contributed by atoms with E-state index in [9.17, 15) is 19.2 Å². The average molecular weight is 308 g/mol. The third kappa shape index (κ3) is 11.4. The minimum atomic E-state index is -0.546. The van der Waals surface area contributed by atoms with E-state index in [1.807, 2.05) is 0 Å². The molecule has 0 saturated carbocycles. The van der Waals surface area contributed by atoms with Crippen LogP contribution in [0.1, 0.15) is 6.92 Å². The summed E-state index contributed by atoms with van der Waals surface area (Å²) in [6, 6.07) is -1.09. The third-order valence-corrected chi connectivity index (χ3v) is 3.78. The van der Waals surface area contributed by atoms with Gasteiger partial charge < -0.3 is 10.6 Å². The number of hydrogen-bond acceptors (Lipinski definition) is 6. The minimum absolute atomic E-state index is 0.137. The zero-order chi connectivity index (χ0) is 14.7. The summed E-state index contributed by atoms with van der Waals surface area (Å²) >= 11 is 0. The molecule has 0 spiro atoms. The molecule has 0 aliphatic rings. The van der Waals surface area contributed by atoms with Crippen LogP contribution in [0.15, 0.2) is 0 Å². The number of rotatable bonds is 6. The molecule has 108 valence electrons. The summed E-state index contributed by atoms with van der Waals surface area (Å²) in [5.74, 6) is -0.106. The topological polar surface area (TPSA) is 116 Å². The summed E-state index contributed by atoms with van der Waals surface area (Å²) in [5, 5.41) is 8.93. The average Bonchev–Trinajstić information content (AvgIpc) is 2.32. The first-order valence-electron chi connectivity index (χ1n) is 5.27. The first-order valence-corrected chi connectivity index (χ1v) is 7.76. The summed E-state index contributed by atoms with van der Waals surface area (Å²) < 4.78 is 0. The summed E-state index contributed by atoms with van der Waals surface area (Å²) in [5.41, 5.74) is 0. The Labute approximate surface area is 118 Å². The van der Waals surface area contributed by atoms with Gasteiger partial charge in [0.15, 0.2) is 0 Å². The Morgan fingerprint density at radius 1 is 1.00 bits per heavy atom. The molecular weight excluding hydrogens is 292 g/mol. The zero-order valence-corrected chi connectivity index (χ0v) is 12.2. The van der Waals surface area contributed by atoms with Crippen LogP contribution in [-0.4, -0.2) is 49.0 Å². The van der Waals surface area contributed by atoms with Crippen LogP contribution in [0.25, 0.3) is 0 Å². The lowest BCUT2D eigenvalue weighted by Crippen LogP contribution is -2.39. The fraction of sp³-hybridized carbons (Fsp3) is 0.556. The van der Waals surface area contributed by atoms with Gasteiger partial charge in [0.2, 0.25) is 11.8 Å². The predicted molar refractivity (Wildman–Crippen MR) is 74.7 cm³/mol. The van der Waals surface area contributed by atoms with Crippen LogP contribution >= 0.6 is 21.6 Å². The quantitative estimate of drug-likeness (QED) is 0.394. The van der Waals surface area contributed by atoms with Crippen molar-refractivity contribution in [2.24, 2.45) is 0 Å². The van der Waals surface area contributed by atoms with Gasteiger partial charge in [-0.25, -0.2) is 9.59 Å². The Balaban J connectivity index is 3.45. The molecule has 0 saturated heterocycles. The summed E-state index contributed by atoms with van der Waals surface area (Å²) in [6.07, 6.45) is 0. The molecule has 0 bridgehead atoms. The number of imide groups is 2. The lowest BCUT2D eigenvalue weighted by atomic mass is 10.7. The molecule has 0 radical (unpaired) electrons. The maximum absolute atomic E-state index is 11.2. The molecule has 4 N–H and O–H groups in total. The first kappa shape index (κ1) is 17.6. The minimum Gasteiger partial charge on any atom is -0.341 e. The van der Waals surface area contributed by atoms with Crippen molar-refractivity contribution in [3.63, 3.8) is 0 Å². The zero-order valence-electron chi connectivity index (χ0n) is 10.6. The van der Waals surface area contributed by atoms with Crippen LogP contribution in [-0.2, 0) is 9.59 Å². The lowest BCUT2D eigenvalue weighted by Gasteiger charge is -2.05. The van der Waals surface area contributed by atoms with E-state index in [1.54, 1.807) is 0 Å². The SMILES string of the molecule is CNC(=O)NC(=O)CSSCCNC(=O)NC(C)=O. The first-order chi connectivity index (χ1) is 8.95. The highest BCUT2D eigenvalue weighted by Crippen LogP contribution is 2.19. The molecule has 0 aromatic rings. The van der Waals surface area contributed by atoms with E-state index in [4.69, 9.17) is 0 Å². The van der Waals surface area contributed by atoms with E-state index >= 15 is 0 Å². The lowest BCUT2D eigenvalue weighted by molar-refractivity contribution is -0.118. The predicted octanol–water partition coefficient (Wildman–Crippen LogP) is -0.331. The smallest absolute Gasteiger partial charge is 0.321 e. The molecule has 0 unspecified atom stereocenters. The summed E-state index contributed by atoms with van der Waals surface area (Å²) in [4.78, 5) is 43.4. The van der Waals surface area contributed by atoms with Crippen molar-refractivity contribution in [2.45, 2.75) is 6.92 Å². The molecule has 0 atom stereocenters. The Morgan fingerprint density at radius 2 is 1.68 bits per heavy atom. The molecule has 0 aliphatic carbocycles. The molecule has 10 heteroatoms. The molecular formula is C9H16N4O4S2. The number of urea groups is 2. The van der Waals surface area contributed by atoms with Crippen molar-refractivity contribution in [1.82, 2.24) is 21.3 Å². The standard InChI is InChI=1S/C9H16N4O4S2/c1-6(14)12-9(17)11-3-4-18-19-5-7(15)13-8(16)10-2/h3-5H2,1-2H3,(H2,10,13,15,16)(H2,11,12,14,17). The van der Waals surface area contributed by atoms with Gasteiger partial charge in [0.1, 0.15) is 0 Å². The number of amides is 6. The van der Waals surface area contributed by atoms with E-state index in [-0.39, 0.29) is 11.7 Å². The fourth-order valence-corrected chi connectivity index (χ4v) is 2.53. The van der Waals surface area contributed by atoms with Gasteiger partial charge in [-0.15, -0.1) is 0 Å². The van der Waals surface area contributed by atoms with Gasteiger partial charge in [-0.05, 0) is 0 Å². The normalized spacial score (nSPS) is 9.37. The third-order valence-electron chi connectivity index (χ3n) is 1.51. The second-order valence-corrected chi connectivity index (χ2v) is 5.73. The van der Waals surface area contributed by atoms with Crippen LogP contribution in [0.2, 0.25) is 0 Å². The molecule has 0 rings (SSSR count). The van der Waals surface area contributed by atoms with Gasteiger partial charge >= 0.3 is 12.1 Å². The molecule has 8 nitrogen and oxygen atoms in total. The Kier molecular flexibility index (Phi) is 9.71. The molecule has 0 aromatic carbocycles. The molecule has 0 heterocycles. The monoisotopic (exact) mass is 308 g/mol. The Hall–Kier alpha value is -1.42. The summed E-state index contributed by atoms with van der Waals surface area (Å²) in [7, 11) is 4.06. The van der Waals surface area contributed by atoms with Gasteiger partial charge in [0.05, 0.1) is 5.75 Å². The second kappa shape index (κ2) is 10.5. The largest absolute Gasteiger partial charge is 0.341 e. The van der Waals surface area contributed by atoms with E-state index in [0.29, 0.717) is 12.3 Å². The van der Waals surface area contributed by atoms with Crippen molar-refractivity contribution in [1.29, 1.82) is 0 Å². The van der Waals surface area contributed by atoms with Gasteiger partial charge in [-0.2, -0.15) is 0 Å². The van der Waals surface area contributed by atoms with Crippen LogP contribution in [0.3, 0.4) is 0 Å². The molecule has 0 fully saturated rings. The van der Waals surface area contributed by atoms with Crippen molar-refractivity contribution in [3.8, 4) is 0 Å². The van der Waals surface area contributed by atoms with Crippen LogP contribution < -0.4 is 21.3 Å². The summed E-state index contributed by atoms with van der Waals surface area (Å²) in [6.45, 7) is 1.61. The van der Waals surface area contributed by atoms with E-state index in [1.165, 1.54) is 35.6 Å². The van der Waals surface area contributed by atoms with Crippen LogP contribution in [0, 0.1) is 0 Å². The second-order valence-electron chi connectivity index (χ2n) is 3.15. The highest BCUT2D eigenvalue weighted by Gasteiger charge is 2.06. The van der Waals surface area contributed by atoms with Gasteiger partial charge in [-0.3, -0.25) is 20.2 Å². The van der Waals surface area contributed by atoms with Crippen LogP contribution in [0.4, 0.5) is 9.59 Å². The van der Waals surface area contributed by atoms with Crippen molar-refractivity contribution in [3.05, 3.63) is 0 Å². The van der Waals surface area contributed by atoms with Crippen LogP contribution in [0.5, 0.6) is 0 Å². The molecule has 19 heavy (non-hydrogen) atoms. The molecule has 0 aliphatic heterocycles. The van der Waals surface area contributed by atoms with Crippen molar-refractivity contribution in [2.75, 3.05) is 25.1 Å². The Bertz CT molecular complexity index is 351. The molecule has 6 amide bonds. The van der Waals surface area contributed by atoms with E-state index in [0.717, 1.165) is 0 Å². The number of carbonyl (C=O) groups is 4. The number of hydrogen-bond donors (Lipinski definition) is 4. The van der Waals surface area contributed by atoms with E-state index < -0.39 is 18.0 Å². The maximum atomic E-state index is 11.2. The van der Waals surface area contributed by atoms with E-state index in [2.05, 4.69) is 21.3 Å². The highest BCUT2D eigenvalue weighted by atomic mass is 33.1. The fourth-order valence-electron chi connectivity index (χ4n) is 0.790. The number of carbonyl (C=O) groups excluding carboxylic acids is 4. The Morgan fingerprint density at radius 3 is 2.26 bits per heavy atom.